The van der Waals surface area contributed by atoms with E-state index in [-0.39, 0.29) is 0 Å². The molecule has 3 nitrogen and oxygen atoms in total. The van der Waals surface area contributed by atoms with Crippen molar-refractivity contribution >= 4 is 5.88 Å². The SMILES string of the molecule is Nc1cnc(C2CCC2)o1. The Bertz CT molecular complexity index is 227. The highest BCUT2D eigenvalue weighted by molar-refractivity contribution is 5.19. The molecule has 0 radical (unpaired) electrons. The highest BCUT2D eigenvalue weighted by Crippen LogP contribution is 2.35. The first-order valence-electron chi connectivity index (χ1n) is 3.57. The second kappa shape index (κ2) is 2.01. The molecule has 0 saturated heterocycles. The molecular weight excluding hydrogens is 128 g/mol. The molecular formula is C7H10N2O. The van der Waals surface area contributed by atoms with Crippen LogP contribution in [0.2, 0.25) is 0 Å². The predicted octanol–water partition coefficient (Wildman–Crippen LogP) is 1.52. The van der Waals surface area contributed by atoms with E-state index < -0.39 is 0 Å². The van der Waals surface area contributed by atoms with Crippen LogP contribution in [0.4, 0.5) is 5.88 Å². The Labute approximate surface area is 59.2 Å². The van der Waals surface area contributed by atoms with Crippen LogP contribution >= 0.6 is 0 Å². The molecule has 1 heterocycles. The summed E-state index contributed by atoms with van der Waals surface area (Å²) in [5.41, 5.74) is 5.37. The summed E-state index contributed by atoms with van der Waals surface area (Å²) in [4.78, 5) is 4.05. The molecule has 2 N–H and O–H groups in total. The summed E-state index contributed by atoms with van der Waals surface area (Å²) in [6.07, 6.45) is 5.29. The molecule has 3 heteroatoms. The van der Waals surface area contributed by atoms with Crippen molar-refractivity contribution in [3.05, 3.63) is 12.1 Å². The van der Waals surface area contributed by atoms with Crippen LogP contribution in [-0.2, 0) is 0 Å². The third kappa shape index (κ3) is 0.781. The van der Waals surface area contributed by atoms with Crippen LogP contribution in [0.15, 0.2) is 10.6 Å². The number of nitrogens with zero attached hydrogens (tertiary/aromatic N) is 1. The van der Waals surface area contributed by atoms with Gasteiger partial charge in [-0.25, -0.2) is 4.98 Å². The Kier molecular flexibility index (Phi) is 1.16. The van der Waals surface area contributed by atoms with Gasteiger partial charge in [-0.1, -0.05) is 6.42 Å². The molecule has 0 amide bonds. The van der Waals surface area contributed by atoms with Crippen LogP contribution < -0.4 is 5.73 Å². The number of hydrogen-bond donors (Lipinski definition) is 1. The van der Waals surface area contributed by atoms with E-state index in [1.165, 1.54) is 19.3 Å². The Morgan fingerprint density at radius 1 is 1.60 bits per heavy atom. The van der Waals surface area contributed by atoms with E-state index in [1.54, 1.807) is 6.20 Å². The topological polar surface area (TPSA) is 52.0 Å². The van der Waals surface area contributed by atoms with Gasteiger partial charge in [0.2, 0.25) is 5.88 Å². The largest absolute Gasteiger partial charge is 0.425 e. The zero-order valence-electron chi connectivity index (χ0n) is 5.71. The van der Waals surface area contributed by atoms with Gasteiger partial charge >= 0.3 is 0 Å². The smallest absolute Gasteiger partial charge is 0.211 e. The molecule has 1 saturated carbocycles. The van der Waals surface area contributed by atoms with Crippen molar-refractivity contribution in [3.63, 3.8) is 0 Å². The zero-order valence-corrected chi connectivity index (χ0v) is 5.71. The van der Waals surface area contributed by atoms with E-state index >= 15 is 0 Å². The minimum absolute atomic E-state index is 0.432. The molecule has 1 fully saturated rings. The van der Waals surface area contributed by atoms with E-state index in [0.717, 1.165) is 5.89 Å². The van der Waals surface area contributed by atoms with Crippen LogP contribution in [0, 0.1) is 0 Å². The monoisotopic (exact) mass is 138 g/mol. The minimum atomic E-state index is 0.432. The van der Waals surface area contributed by atoms with Crippen LogP contribution in [0.3, 0.4) is 0 Å². The maximum Gasteiger partial charge on any atom is 0.211 e. The second-order valence-electron chi connectivity index (χ2n) is 2.73. The Hall–Kier alpha value is -0.990. The molecule has 0 unspecified atom stereocenters. The molecule has 54 valence electrons. The summed E-state index contributed by atoms with van der Waals surface area (Å²) in [6, 6.07) is 0. The zero-order chi connectivity index (χ0) is 6.97. The van der Waals surface area contributed by atoms with Crippen molar-refractivity contribution in [2.75, 3.05) is 5.73 Å². The van der Waals surface area contributed by atoms with Gasteiger partial charge in [-0.05, 0) is 12.8 Å². The molecule has 1 aromatic rings. The third-order valence-electron chi connectivity index (χ3n) is 2.00. The Morgan fingerprint density at radius 2 is 2.40 bits per heavy atom. The first-order chi connectivity index (χ1) is 4.86. The van der Waals surface area contributed by atoms with Crippen LogP contribution in [-0.4, -0.2) is 4.98 Å². The Morgan fingerprint density at radius 3 is 2.80 bits per heavy atom. The number of nitrogens with two attached hydrogens (primary N) is 1. The number of anilines is 1. The van der Waals surface area contributed by atoms with Crippen molar-refractivity contribution in [1.29, 1.82) is 0 Å². The number of aromatic nitrogens is 1. The van der Waals surface area contributed by atoms with Crippen LogP contribution in [0.1, 0.15) is 31.1 Å². The van der Waals surface area contributed by atoms with Gasteiger partial charge in [0.25, 0.3) is 0 Å². The van der Waals surface area contributed by atoms with E-state index in [1.807, 2.05) is 0 Å². The standard InChI is InChI=1S/C7H10N2O/c8-6-4-9-7(10-6)5-2-1-3-5/h4-5H,1-3,8H2. The molecule has 0 aliphatic heterocycles. The summed E-state index contributed by atoms with van der Waals surface area (Å²) in [7, 11) is 0. The van der Waals surface area contributed by atoms with E-state index in [9.17, 15) is 0 Å². The van der Waals surface area contributed by atoms with E-state index in [2.05, 4.69) is 4.98 Å². The highest BCUT2D eigenvalue weighted by atomic mass is 16.4. The summed E-state index contributed by atoms with van der Waals surface area (Å²) in [5.74, 6) is 1.81. The van der Waals surface area contributed by atoms with Crippen LogP contribution in [0.25, 0.3) is 0 Å². The van der Waals surface area contributed by atoms with Gasteiger partial charge in [0.05, 0.1) is 6.20 Å². The number of hydrogen-bond acceptors (Lipinski definition) is 3. The highest BCUT2D eigenvalue weighted by Gasteiger charge is 2.23. The second-order valence-corrected chi connectivity index (χ2v) is 2.73. The van der Waals surface area contributed by atoms with Gasteiger partial charge in [0.15, 0.2) is 5.89 Å². The normalized spacial score (nSPS) is 18.8. The minimum Gasteiger partial charge on any atom is -0.425 e. The molecule has 2 rings (SSSR count). The van der Waals surface area contributed by atoms with E-state index in [4.69, 9.17) is 10.2 Å². The Balaban J connectivity index is 2.17. The summed E-state index contributed by atoms with van der Waals surface area (Å²) >= 11 is 0. The van der Waals surface area contributed by atoms with Gasteiger partial charge in [-0.2, -0.15) is 0 Å². The van der Waals surface area contributed by atoms with Crippen molar-refractivity contribution in [3.8, 4) is 0 Å². The number of oxazole rings is 1. The van der Waals surface area contributed by atoms with Crippen molar-refractivity contribution in [2.24, 2.45) is 0 Å². The number of nitrogen functional groups attached to an aromatic ring is 1. The maximum atomic E-state index is 5.37. The lowest BCUT2D eigenvalue weighted by Crippen LogP contribution is -2.08. The lowest BCUT2D eigenvalue weighted by Gasteiger charge is -2.21. The molecule has 10 heavy (non-hydrogen) atoms. The van der Waals surface area contributed by atoms with Gasteiger partial charge in [0, 0.05) is 5.92 Å². The predicted molar refractivity (Wildman–Crippen MR) is 37.5 cm³/mol. The van der Waals surface area contributed by atoms with Gasteiger partial charge in [-0.3, -0.25) is 0 Å². The lowest BCUT2D eigenvalue weighted by atomic mass is 9.85. The molecule has 0 atom stereocenters. The fraction of sp³-hybridized carbons (Fsp3) is 0.571. The van der Waals surface area contributed by atoms with Crippen LogP contribution in [0.5, 0.6) is 0 Å². The summed E-state index contributed by atoms with van der Waals surface area (Å²) in [6.45, 7) is 0. The first kappa shape index (κ1) is 5.77. The molecule has 1 aliphatic rings. The lowest BCUT2D eigenvalue weighted by molar-refractivity contribution is 0.339. The molecule has 1 aromatic heterocycles. The molecule has 0 bridgehead atoms. The fourth-order valence-corrected chi connectivity index (χ4v) is 1.14. The first-order valence-corrected chi connectivity index (χ1v) is 3.57. The molecule has 1 aliphatic carbocycles. The fourth-order valence-electron chi connectivity index (χ4n) is 1.14. The van der Waals surface area contributed by atoms with Crippen molar-refractivity contribution < 1.29 is 4.42 Å². The molecule has 0 spiro atoms. The maximum absolute atomic E-state index is 5.37. The van der Waals surface area contributed by atoms with E-state index in [0.29, 0.717) is 11.8 Å². The van der Waals surface area contributed by atoms with Crippen molar-refractivity contribution in [1.82, 2.24) is 4.98 Å². The summed E-state index contributed by atoms with van der Waals surface area (Å²) in [5, 5.41) is 0. The average molecular weight is 138 g/mol. The third-order valence-corrected chi connectivity index (χ3v) is 2.00. The quantitative estimate of drug-likeness (QED) is 0.640. The number of rotatable bonds is 1. The van der Waals surface area contributed by atoms with Gasteiger partial charge in [0.1, 0.15) is 0 Å². The average Bonchev–Trinajstić information content (AvgIpc) is 2.10. The van der Waals surface area contributed by atoms with Gasteiger partial charge < -0.3 is 10.2 Å². The van der Waals surface area contributed by atoms with Gasteiger partial charge in [-0.15, -0.1) is 0 Å². The summed E-state index contributed by atoms with van der Waals surface area (Å²) < 4.78 is 5.15. The van der Waals surface area contributed by atoms with Crippen molar-refractivity contribution in [2.45, 2.75) is 25.2 Å². The molecule has 0 aromatic carbocycles.